The van der Waals surface area contributed by atoms with E-state index in [0.29, 0.717) is 12.6 Å². The van der Waals surface area contributed by atoms with Crippen LogP contribution in [0.5, 0.6) is 0 Å². The molecule has 4 heteroatoms. The molecule has 112 valence electrons. The van der Waals surface area contributed by atoms with Gasteiger partial charge in [-0.1, -0.05) is 23.7 Å². The highest BCUT2D eigenvalue weighted by atomic mass is 35.5. The van der Waals surface area contributed by atoms with Crippen molar-refractivity contribution in [2.75, 3.05) is 20.3 Å². The van der Waals surface area contributed by atoms with Crippen LogP contribution >= 0.6 is 11.6 Å². The second-order valence-electron chi connectivity index (χ2n) is 5.67. The normalized spacial score (nSPS) is 16.6. The van der Waals surface area contributed by atoms with Gasteiger partial charge in [0.15, 0.2) is 0 Å². The maximum Gasteiger partial charge on any atom is 0.0589 e. The SMILES string of the molecule is COCCN(Cc1ccc(CN)cc1Cl)C(C)C1CC1. The fourth-order valence-corrected chi connectivity index (χ4v) is 2.84. The molecule has 2 N–H and O–H groups in total. The van der Waals surface area contributed by atoms with Crippen LogP contribution in [0.3, 0.4) is 0 Å². The summed E-state index contributed by atoms with van der Waals surface area (Å²) in [7, 11) is 1.75. The molecule has 0 bridgehead atoms. The fraction of sp³-hybridized carbons (Fsp3) is 0.625. The van der Waals surface area contributed by atoms with E-state index in [4.69, 9.17) is 22.1 Å². The second-order valence-corrected chi connectivity index (χ2v) is 6.08. The van der Waals surface area contributed by atoms with E-state index in [-0.39, 0.29) is 0 Å². The first-order valence-corrected chi connectivity index (χ1v) is 7.74. The molecule has 20 heavy (non-hydrogen) atoms. The summed E-state index contributed by atoms with van der Waals surface area (Å²) in [6.45, 7) is 5.44. The average Bonchev–Trinajstić information content (AvgIpc) is 3.28. The predicted molar refractivity (Wildman–Crippen MR) is 83.8 cm³/mol. The van der Waals surface area contributed by atoms with Gasteiger partial charge in [-0.25, -0.2) is 0 Å². The maximum atomic E-state index is 6.37. The van der Waals surface area contributed by atoms with Crippen LogP contribution in [0.25, 0.3) is 0 Å². The molecule has 1 unspecified atom stereocenters. The zero-order valence-corrected chi connectivity index (χ0v) is 13.2. The van der Waals surface area contributed by atoms with Crippen molar-refractivity contribution >= 4 is 11.6 Å². The molecule has 3 nitrogen and oxygen atoms in total. The van der Waals surface area contributed by atoms with Crippen LogP contribution in [0.1, 0.15) is 30.9 Å². The van der Waals surface area contributed by atoms with Gasteiger partial charge in [0.1, 0.15) is 0 Å². The zero-order valence-electron chi connectivity index (χ0n) is 12.4. The lowest BCUT2D eigenvalue weighted by atomic mass is 10.1. The first kappa shape index (κ1) is 15.8. The van der Waals surface area contributed by atoms with Crippen molar-refractivity contribution in [1.29, 1.82) is 0 Å². The van der Waals surface area contributed by atoms with E-state index in [1.807, 2.05) is 6.07 Å². The van der Waals surface area contributed by atoms with Gasteiger partial charge in [0.2, 0.25) is 0 Å². The monoisotopic (exact) mass is 296 g/mol. The molecule has 1 aliphatic rings. The van der Waals surface area contributed by atoms with Crippen LogP contribution in [-0.4, -0.2) is 31.2 Å². The molecular weight excluding hydrogens is 272 g/mol. The molecule has 1 aliphatic carbocycles. The summed E-state index contributed by atoms with van der Waals surface area (Å²) in [5.41, 5.74) is 7.90. The quantitative estimate of drug-likeness (QED) is 0.801. The van der Waals surface area contributed by atoms with Crippen LogP contribution < -0.4 is 5.73 Å². The average molecular weight is 297 g/mol. The molecule has 0 amide bonds. The van der Waals surface area contributed by atoms with Crippen LogP contribution in [0.15, 0.2) is 18.2 Å². The topological polar surface area (TPSA) is 38.5 Å². The van der Waals surface area contributed by atoms with Crippen LogP contribution in [-0.2, 0) is 17.8 Å². The third-order valence-corrected chi connectivity index (χ3v) is 4.54. The Hall–Kier alpha value is -0.610. The van der Waals surface area contributed by atoms with Crippen molar-refractivity contribution < 1.29 is 4.74 Å². The number of ether oxygens (including phenoxy) is 1. The van der Waals surface area contributed by atoms with Crippen LogP contribution in [0, 0.1) is 5.92 Å². The van der Waals surface area contributed by atoms with E-state index in [2.05, 4.69) is 24.0 Å². The highest BCUT2D eigenvalue weighted by Gasteiger charge is 2.31. The van der Waals surface area contributed by atoms with Gasteiger partial charge in [-0.2, -0.15) is 0 Å². The molecule has 0 spiro atoms. The van der Waals surface area contributed by atoms with E-state index in [1.54, 1.807) is 7.11 Å². The minimum atomic E-state index is 0.534. The van der Waals surface area contributed by atoms with E-state index in [9.17, 15) is 0 Å². The summed E-state index contributed by atoms with van der Waals surface area (Å²) in [6, 6.07) is 6.74. The summed E-state index contributed by atoms with van der Waals surface area (Å²) >= 11 is 6.37. The Bertz CT molecular complexity index is 434. The van der Waals surface area contributed by atoms with Gasteiger partial charge in [-0.15, -0.1) is 0 Å². The largest absolute Gasteiger partial charge is 0.383 e. The second kappa shape index (κ2) is 7.41. The van der Waals surface area contributed by atoms with Gasteiger partial charge >= 0.3 is 0 Å². The molecule has 0 radical (unpaired) electrons. The molecule has 0 heterocycles. The van der Waals surface area contributed by atoms with Crippen molar-refractivity contribution in [3.05, 3.63) is 34.3 Å². The number of rotatable bonds is 8. The lowest BCUT2D eigenvalue weighted by molar-refractivity contribution is 0.111. The summed E-state index contributed by atoms with van der Waals surface area (Å²) in [6.07, 6.45) is 2.70. The van der Waals surface area contributed by atoms with E-state index >= 15 is 0 Å². The molecule has 2 rings (SSSR count). The van der Waals surface area contributed by atoms with Crippen molar-refractivity contribution in [2.45, 2.75) is 38.9 Å². The first-order valence-electron chi connectivity index (χ1n) is 7.36. The lowest BCUT2D eigenvalue weighted by Crippen LogP contribution is -2.36. The summed E-state index contributed by atoms with van der Waals surface area (Å²) in [5.74, 6) is 0.842. The Balaban J connectivity index is 2.05. The number of methoxy groups -OCH3 is 1. The van der Waals surface area contributed by atoms with E-state index < -0.39 is 0 Å². The summed E-state index contributed by atoms with van der Waals surface area (Å²) in [5, 5.41) is 0.818. The molecule has 0 aliphatic heterocycles. The lowest BCUT2D eigenvalue weighted by Gasteiger charge is -2.29. The van der Waals surface area contributed by atoms with Gasteiger partial charge in [-0.3, -0.25) is 4.90 Å². The Kier molecular flexibility index (Phi) is 5.85. The molecule has 0 aromatic heterocycles. The Morgan fingerprint density at radius 1 is 1.45 bits per heavy atom. The highest BCUT2D eigenvalue weighted by Crippen LogP contribution is 2.36. The predicted octanol–water partition coefficient (Wildman–Crippen LogP) is 3.05. The third-order valence-electron chi connectivity index (χ3n) is 4.19. The standard InChI is InChI=1S/C16H25ClN2O/c1-12(14-5-6-14)19(7-8-20-2)11-15-4-3-13(10-18)9-16(15)17/h3-4,9,12,14H,5-8,10-11,18H2,1-2H3. The maximum absolute atomic E-state index is 6.37. The Morgan fingerprint density at radius 3 is 2.75 bits per heavy atom. The van der Waals surface area contributed by atoms with Crippen molar-refractivity contribution in [3.8, 4) is 0 Å². The third kappa shape index (κ3) is 4.19. The fourth-order valence-electron chi connectivity index (χ4n) is 2.58. The number of nitrogens with two attached hydrogens (primary N) is 1. The number of hydrogen-bond donors (Lipinski definition) is 1. The number of nitrogens with zero attached hydrogens (tertiary/aromatic N) is 1. The molecule has 1 aromatic carbocycles. The van der Waals surface area contributed by atoms with Crippen molar-refractivity contribution in [3.63, 3.8) is 0 Å². The smallest absolute Gasteiger partial charge is 0.0589 e. The van der Waals surface area contributed by atoms with Gasteiger partial charge < -0.3 is 10.5 Å². The molecule has 1 saturated carbocycles. The molecule has 1 atom stereocenters. The Morgan fingerprint density at radius 2 is 2.20 bits per heavy atom. The van der Waals surface area contributed by atoms with Gasteiger partial charge in [-0.05, 0) is 42.9 Å². The van der Waals surface area contributed by atoms with Crippen LogP contribution in [0.2, 0.25) is 5.02 Å². The Labute approximate surface area is 127 Å². The molecule has 1 fully saturated rings. The van der Waals surface area contributed by atoms with E-state index in [1.165, 1.54) is 18.4 Å². The van der Waals surface area contributed by atoms with Crippen molar-refractivity contribution in [2.24, 2.45) is 11.7 Å². The molecule has 1 aromatic rings. The molecular formula is C16H25ClN2O. The minimum Gasteiger partial charge on any atom is -0.383 e. The van der Waals surface area contributed by atoms with Gasteiger partial charge in [0.25, 0.3) is 0 Å². The minimum absolute atomic E-state index is 0.534. The van der Waals surface area contributed by atoms with Crippen LogP contribution in [0.4, 0.5) is 0 Å². The summed E-state index contributed by atoms with van der Waals surface area (Å²) in [4.78, 5) is 2.48. The highest BCUT2D eigenvalue weighted by molar-refractivity contribution is 6.31. The number of hydrogen-bond acceptors (Lipinski definition) is 3. The van der Waals surface area contributed by atoms with E-state index in [0.717, 1.165) is 36.2 Å². The first-order chi connectivity index (χ1) is 9.65. The van der Waals surface area contributed by atoms with Gasteiger partial charge in [0.05, 0.1) is 6.61 Å². The molecule has 0 saturated heterocycles. The number of halogens is 1. The summed E-state index contributed by atoms with van der Waals surface area (Å²) < 4.78 is 5.24. The zero-order chi connectivity index (χ0) is 14.5. The van der Waals surface area contributed by atoms with Gasteiger partial charge in [0, 0.05) is 37.8 Å². The van der Waals surface area contributed by atoms with Crippen molar-refractivity contribution in [1.82, 2.24) is 4.90 Å². The number of benzene rings is 1.